The Bertz CT molecular complexity index is 1100. The number of esters is 2. The van der Waals surface area contributed by atoms with Crippen LogP contribution in [-0.2, 0) is 9.59 Å². The Labute approximate surface area is 184 Å². The molecule has 32 heavy (non-hydrogen) atoms. The van der Waals surface area contributed by atoms with Gasteiger partial charge in [-0.05, 0) is 54.6 Å². The summed E-state index contributed by atoms with van der Waals surface area (Å²) in [6.07, 6.45) is 0. The maximum Gasteiger partial charge on any atom is 0.308 e. The number of carbonyl (C=O) groups excluding carboxylic acids is 4. The number of ether oxygens (including phenoxy) is 2. The average Bonchev–Trinajstić information content (AvgIpc) is 2.73. The number of amides is 2. The maximum atomic E-state index is 12.6. The van der Waals surface area contributed by atoms with E-state index in [1.807, 2.05) is 0 Å². The molecule has 3 aromatic carbocycles. The van der Waals surface area contributed by atoms with Crippen LogP contribution in [0.2, 0.25) is 0 Å². The van der Waals surface area contributed by atoms with E-state index in [1.54, 1.807) is 60.7 Å². The first kappa shape index (κ1) is 22.2. The van der Waals surface area contributed by atoms with Gasteiger partial charge in [-0.1, -0.05) is 18.2 Å². The molecule has 8 nitrogen and oxygen atoms in total. The molecular formula is C24H20N2O6. The largest absolute Gasteiger partial charge is 0.427 e. The van der Waals surface area contributed by atoms with Crippen molar-refractivity contribution in [1.82, 2.24) is 0 Å². The summed E-state index contributed by atoms with van der Waals surface area (Å²) in [5.74, 6) is -1.24. The lowest BCUT2D eigenvalue weighted by Crippen LogP contribution is -2.14. The monoisotopic (exact) mass is 432 g/mol. The summed E-state index contributed by atoms with van der Waals surface area (Å²) in [7, 11) is 0. The van der Waals surface area contributed by atoms with Crippen LogP contribution < -0.4 is 20.1 Å². The smallest absolute Gasteiger partial charge is 0.308 e. The molecule has 0 heterocycles. The summed E-state index contributed by atoms with van der Waals surface area (Å²) < 4.78 is 9.99. The minimum Gasteiger partial charge on any atom is -0.427 e. The zero-order valence-electron chi connectivity index (χ0n) is 17.4. The number of nitrogens with one attached hydrogen (secondary N) is 2. The second-order valence-electron chi connectivity index (χ2n) is 6.73. The number of benzene rings is 3. The first-order valence-corrected chi connectivity index (χ1v) is 9.60. The highest BCUT2D eigenvalue weighted by molar-refractivity contribution is 6.06. The second-order valence-corrected chi connectivity index (χ2v) is 6.73. The lowest BCUT2D eigenvalue weighted by molar-refractivity contribution is -0.132. The van der Waals surface area contributed by atoms with Gasteiger partial charge in [-0.15, -0.1) is 0 Å². The lowest BCUT2D eigenvalue weighted by Gasteiger charge is -2.10. The van der Waals surface area contributed by atoms with Crippen LogP contribution in [0.3, 0.4) is 0 Å². The molecule has 0 atom stereocenters. The number of carbonyl (C=O) groups is 4. The molecule has 0 aliphatic carbocycles. The molecule has 0 fully saturated rings. The van der Waals surface area contributed by atoms with Crippen LogP contribution in [0.25, 0.3) is 0 Å². The molecule has 3 rings (SSSR count). The molecule has 8 heteroatoms. The predicted octanol–water partition coefficient (Wildman–Crippen LogP) is 4.04. The summed E-state index contributed by atoms with van der Waals surface area (Å²) in [6.45, 7) is 2.55. The van der Waals surface area contributed by atoms with Gasteiger partial charge in [0.05, 0.1) is 0 Å². The van der Waals surface area contributed by atoms with Gasteiger partial charge in [-0.25, -0.2) is 0 Å². The van der Waals surface area contributed by atoms with E-state index in [-0.39, 0.29) is 11.5 Å². The van der Waals surface area contributed by atoms with E-state index in [2.05, 4.69) is 10.6 Å². The molecule has 0 radical (unpaired) electrons. The minimum absolute atomic E-state index is 0.266. The molecule has 0 saturated heterocycles. The highest BCUT2D eigenvalue weighted by Crippen LogP contribution is 2.20. The molecule has 2 amide bonds. The van der Waals surface area contributed by atoms with Crippen molar-refractivity contribution in [3.63, 3.8) is 0 Å². The third-order valence-electron chi connectivity index (χ3n) is 4.09. The van der Waals surface area contributed by atoms with Crippen molar-refractivity contribution >= 4 is 35.1 Å². The van der Waals surface area contributed by atoms with Crippen molar-refractivity contribution in [2.45, 2.75) is 13.8 Å². The SMILES string of the molecule is CC(=O)Oc1cccc(C(=O)Nc2cccc(NC(=O)c3cccc(OC(C)=O)c3)c2)c1. The molecule has 0 bridgehead atoms. The molecule has 0 spiro atoms. The van der Waals surface area contributed by atoms with E-state index in [0.29, 0.717) is 22.5 Å². The van der Waals surface area contributed by atoms with Crippen LogP contribution in [-0.4, -0.2) is 23.8 Å². The quantitative estimate of drug-likeness (QED) is 0.449. The summed E-state index contributed by atoms with van der Waals surface area (Å²) in [5.41, 5.74) is 1.53. The van der Waals surface area contributed by atoms with Crippen molar-refractivity contribution < 1.29 is 28.7 Å². The average molecular weight is 432 g/mol. The Morgan fingerprint density at radius 1 is 0.594 bits per heavy atom. The van der Waals surface area contributed by atoms with Gasteiger partial charge >= 0.3 is 11.9 Å². The normalized spacial score (nSPS) is 10.1. The maximum absolute atomic E-state index is 12.6. The number of hydrogen-bond donors (Lipinski definition) is 2. The Balaban J connectivity index is 1.69. The minimum atomic E-state index is -0.482. The molecule has 0 saturated carbocycles. The van der Waals surface area contributed by atoms with Crippen molar-refractivity contribution in [3.05, 3.63) is 83.9 Å². The van der Waals surface area contributed by atoms with Crippen LogP contribution in [0.15, 0.2) is 72.8 Å². The van der Waals surface area contributed by atoms with Crippen LogP contribution in [0.4, 0.5) is 11.4 Å². The van der Waals surface area contributed by atoms with Gasteiger partial charge in [0, 0.05) is 36.3 Å². The van der Waals surface area contributed by atoms with Crippen molar-refractivity contribution in [3.8, 4) is 11.5 Å². The van der Waals surface area contributed by atoms with Gasteiger partial charge in [0.1, 0.15) is 11.5 Å². The molecule has 0 aliphatic rings. The van der Waals surface area contributed by atoms with E-state index in [0.717, 1.165) is 0 Å². The molecule has 0 unspecified atom stereocenters. The predicted molar refractivity (Wildman–Crippen MR) is 118 cm³/mol. The van der Waals surface area contributed by atoms with Gasteiger partial charge in [0.25, 0.3) is 11.8 Å². The Hall–Kier alpha value is -4.46. The van der Waals surface area contributed by atoms with E-state index < -0.39 is 23.8 Å². The van der Waals surface area contributed by atoms with Gasteiger partial charge in [0.2, 0.25) is 0 Å². The summed E-state index contributed by atoms with van der Waals surface area (Å²) in [4.78, 5) is 47.3. The third kappa shape index (κ3) is 6.27. The Morgan fingerprint density at radius 2 is 1.00 bits per heavy atom. The van der Waals surface area contributed by atoms with E-state index in [1.165, 1.54) is 26.0 Å². The summed E-state index contributed by atoms with van der Waals surface area (Å²) in [5, 5.41) is 5.47. The summed E-state index contributed by atoms with van der Waals surface area (Å²) >= 11 is 0. The van der Waals surface area contributed by atoms with Crippen molar-refractivity contribution in [2.24, 2.45) is 0 Å². The molecule has 2 N–H and O–H groups in total. The first-order valence-electron chi connectivity index (χ1n) is 9.60. The Kier molecular flexibility index (Phi) is 6.97. The topological polar surface area (TPSA) is 111 Å². The van der Waals surface area contributed by atoms with Crippen molar-refractivity contribution in [1.29, 1.82) is 0 Å². The number of hydrogen-bond acceptors (Lipinski definition) is 6. The highest BCUT2D eigenvalue weighted by Gasteiger charge is 2.11. The standard InChI is InChI=1S/C24H20N2O6/c1-15(27)31-21-10-3-6-17(12-21)23(29)25-19-8-5-9-20(14-19)26-24(30)18-7-4-11-22(13-18)32-16(2)28/h3-14H,1-2H3,(H,25,29)(H,26,30). The van der Waals surface area contributed by atoms with E-state index in [4.69, 9.17) is 9.47 Å². The van der Waals surface area contributed by atoms with Gasteiger partial charge in [0.15, 0.2) is 0 Å². The lowest BCUT2D eigenvalue weighted by atomic mass is 10.2. The fourth-order valence-corrected chi connectivity index (χ4v) is 2.81. The number of anilines is 2. The molecule has 0 aliphatic heterocycles. The van der Waals surface area contributed by atoms with Gasteiger partial charge in [-0.2, -0.15) is 0 Å². The molecular weight excluding hydrogens is 412 g/mol. The van der Waals surface area contributed by atoms with Crippen LogP contribution >= 0.6 is 0 Å². The zero-order valence-corrected chi connectivity index (χ0v) is 17.4. The summed E-state index contributed by atoms with van der Waals surface area (Å²) in [6, 6.07) is 19.1. The first-order chi connectivity index (χ1) is 15.3. The van der Waals surface area contributed by atoms with Crippen LogP contribution in [0.5, 0.6) is 11.5 Å². The van der Waals surface area contributed by atoms with E-state index in [9.17, 15) is 19.2 Å². The van der Waals surface area contributed by atoms with Crippen molar-refractivity contribution in [2.75, 3.05) is 10.6 Å². The number of rotatable bonds is 6. The van der Waals surface area contributed by atoms with Gasteiger partial charge in [-0.3, -0.25) is 19.2 Å². The van der Waals surface area contributed by atoms with Crippen LogP contribution in [0.1, 0.15) is 34.6 Å². The third-order valence-corrected chi connectivity index (χ3v) is 4.09. The van der Waals surface area contributed by atoms with Gasteiger partial charge < -0.3 is 20.1 Å². The Morgan fingerprint density at radius 3 is 1.41 bits per heavy atom. The van der Waals surface area contributed by atoms with Crippen LogP contribution in [0, 0.1) is 0 Å². The second kappa shape index (κ2) is 10.0. The molecule has 162 valence electrons. The molecule has 3 aromatic rings. The highest BCUT2D eigenvalue weighted by atomic mass is 16.5. The zero-order chi connectivity index (χ0) is 23.1. The fraction of sp³-hybridized carbons (Fsp3) is 0.0833. The van der Waals surface area contributed by atoms with E-state index >= 15 is 0 Å². The molecule has 0 aromatic heterocycles. The fourth-order valence-electron chi connectivity index (χ4n) is 2.81.